The first-order valence-corrected chi connectivity index (χ1v) is 8.60. The summed E-state index contributed by atoms with van der Waals surface area (Å²) in [5.41, 5.74) is -0.839. The van der Waals surface area contributed by atoms with Crippen molar-refractivity contribution in [3.05, 3.63) is 59.8 Å². The largest absolute Gasteiger partial charge is 0.467 e. The second-order valence-electron chi connectivity index (χ2n) is 6.39. The highest BCUT2D eigenvalue weighted by molar-refractivity contribution is 6.09. The lowest BCUT2D eigenvalue weighted by molar-refractivity contribution is -0.135. The maximum Gasteiger partial charge on any atom is 0.325 e. The minimum Gasteiger partial charge on any atom is -0.467 e. The number of furan rings is 1. The lowest BCUT2D eigenvalue weighted by Crippen LogP contribution is -2.45. The molecule has 1 aromatic carbocycles. The Kier molecular flexibility index (Phi) is 4.98. The lowest BCUT2D eigenvalue weighted by atomic mass is 9.87. The molecule has 27 heavy (non-hydrogen) atoms. The van der Waals surface area contributed by atoms with E-state index in [1.165, 1.54) is 30.5 Å². The van der Waals surface area contributed by atoms with Gasteiger partial charge in [0.15, 0.2) is 0 Å². The first kappa shape index (κ1) is 18.6. The van der Waals surface area contributed by atoms with E-state index in [0.717, 1.165) is 4.90 Å². The molecule has 1 saturated heterocycles. The van der Waals surface area contributed by atoms with Crippen LogP contribution >= 0.6 is 0 Å². The van der Waals surface area contributed by atoms with Gasteiger partial charge in [-0.05, 0) is 43.2 Å². The standard InChI is InChI=1S/C19H20FN3O4/c1-3-19(13-6-8-14(20)9-7-13)17(25)23(18(26)22-19)11-16(24)21-12(2)15-5-4-10-27-15/h4-10,12H,3,11H2,1-2H3,(H,21,24)(H,22,26). The molecule has 2 atom stereocenters. The summed E-state index contributed by atoms with van der Waals surface area (Å²) in [7, 11) is 0. The van der Waals surface area contributed by atoms with Crippen LogP contribution in [-0.4, -0.2) is 29.3 Å². The number of imide groups is 1. The molecule has 1 aliphatic rings. The van der Waals surface area contributed by atoms with Crippen molar-refractivity contribution in [2.45, 2.75) is 31.8 Å². The van der Waals surface area contributed by atoms with E-state index in [4.69, 9.17) is 4.42 Å². The zero-order chi connectivity index (χ0) is 19.6. The number of hydrogen-bond donors (Lipinski definition) is 2. The Balaban J connectivity index is 1.75. The Labute approximate surface area is 155 Å². The quantitative estimate of drug-likeness (QED) is 0.761. The Bertz CT molecular complexity index is 850. The van der Waals surface area contributed by atoms with E-state index >= 15 is 0 Å². The van der Waals surface area contributed by atoms with E-state index in [0.29, 0.717) is 11.3 Å². The van der Waals surface area contributed by atoms with Gasteiger partial charge in [-0.2, -0.15) is 0 Å². The number of benzene rings is 1. The van der Waals surface area contributed by atoms with Gasteiger partial charge >= 0.3 is 6.03 Å². The predicted molar refractivity (Wildman–Crippen MR) is 93.9 cm³/mol. The number of nitrogens with one attached hydrogen (secondary N) is 2. The molecule has 2 N–H and O–H groups in total. The summed E-state index contributed by atoms with van der Waals surface area (Å²) in [6.45, 7) is 3.06. The number of nitrogens with zero attached hydrogens (tertiary/aromatic N) is 1. The maximum absolute atomic E-state index is 13.2. The SMILES string of the molecule is CCC1(c2ccc(F)cc2)NC(=O)N(CC(=O)NC(C)c2ccco2)C1=O. The van der Waals surface area contributed by atoms with Gasteiger partial charge in [-0.25, -0.2) is 9.18 Å². The number of amides is 4. The number of hydrogen-bond acceptors (Lipinski definition) is 4. The zero-order valence-corrected chi connectivity index (χ0v) is 15.0. The normalized spacial score (nSPS) is 20.5. The average Bonchev–Trinajstić information content (AvgIpc) is 3.26. The smallest absolute Gasteiger partial charge is 0.325 e. The second-order valence-corrected chi connectivity index (χ2v) is 6.39. The molecule has 1 fully saturated rings. The molecule has 3 rings (SSSR count). The topological polar surface area (TPSA) is 91.7 Å². The number of carbonyl (C=O) groups excluding carboxylic acids is 3. The molecule has 1 aromatic heterocycles. The fourth-order valence-corrected chi connectivity index (χ4v) is 3.18. The monoisotopic (exact) mass is 373 g/mol. The summed E-state index contributed by atoms with van der Waals surface area (Å²) in [5.74, 6) is -0.907. The van der Waals surface area contributed by atoms with Crippen LogP contribution < -0.4 is 10.6 Å². The minimum atomic E-state index is -1.31. The van der Waals surface area contributed by atoms with E-state index in [2.05, 4.69) is 10.6 Å². The third-order valence-electron chi connectivity index (χ3n) is 4.69. The van der Waals surface area contributed by atoms with Gasteiger partial charge in [0.2, 0.25) is 5.91 Å². The van der Waals surface area contributed by atoms with Crippen LogP contribution in [-0.2, 0) is 15.1 Å². The Hall–Kier alpha value is -3.16. The molecule has 142 valence electrons. The molecule has 2 unspecified atom stereocenters. The van der Waals surface area contributed by atoms with Crippen LogP contribution in [0.1, 0.15) is 37.6 Å². The molecule has 0 spiro atoms. The van der Waals surface area contributed by atoms with E-state index in [1.54, 1.807) is 26.0 Å². The van der Waals surface area contributed by atoms with Crippen molar-refractivity contribution >= 4 is 17.8 Å². The molecule has 7 nitrogen and oxygen atoms in total. The van der Waals surface area contributed by atoms with Crippen LogP contribution in [0.4, 0.5) is 9.18 Å². The van der Waals surface area contributed by atoms with Gasteiger partial charge in [-0.15, -0.1) is 0 Å². The summed E-state index contributed by atoms with van der Waals surface area (Å²) in [6.07, 6.45) is 1.76. The molecule has 0 aliphatic carbocycles. The van der Waals surface area contributed by atoms with E-state index in [9.17, 15) is 18.8 Å². The second kappa shape index (κ2) is 7.22. The van der Waals surface area contributed by atoms with E-state index < -0.39 is 41.8 Å². The molecule has 4 amide bonds. The first-order chi connectivity index (χ1) is 12.9. The molecular formula is C19H20FN3O4. The maximum atomic E-state index is 13.2. The van der Waals surface area contributed by atoms with Crippen LogP contribution in [0.25, 0.3) is 0 Å². The van der Waals surface area contributed by atoms with Crippen molar-refractivity contribution in [3.63, 3.8) is 0 Å². The van der Waals surface area contributed by atoms with Crippen molar-refractivity contribution in [1.29, 1.82) is 0 Å². The Morgan fingerprint density at radius 1 is 1.30 bits per heavy atom. The van der Waals surface area contributed by atoms with Gasteiger partial charge in [-0.3, -0.25) is 14.5 Å². The molecule has 8 heteroatoms. The predicted octanol–water partition coefficient (Wildman–Crippen LogP) is 2.45. The highest BCUT2D eigenvalue weighted by Gasteiger charge is 2.51. The van der Waals surface area contributed by atoms with Crippen molar-refractivity contribution in [2.75, 3.05) is 6.54 Å². The van der Waals surface area contributed by atoms with Crippen LogP contribution in [0.5, 0.6) is 0 Å². The Morgan fingerprint density at radius 3 is 2.59 bits per heavy atom. The minimum absolute atomic E-state index is 0.268. The van der Waals surface area contributed by atoms with Crippen molar-refractivity contribution < 1.29 is 23.2 Å². The van der Waals surface area contributed by atoms with Gasteiger partial charge in [0.05, 0.1) is 12.3 Å². The summed E-state index contributed by atoms with van der Waals surface area (Å²) in [4.78, 5) is 38.5. The van der Waals surface area contributed by atoms with Crippen LogP contribution in [0.2, 0.25) is 0 Å². The summed E-state index contributed by atoms with van der Waals surface area (Å²) in [6, 6.07) is 7.73. The molecule has 2 heterocycles. The molecule has 0 saturated carbocycles. The van der Waals surface area contributed by atoms with Gasteiger partial charge in [-0.1, -0.05) is 19.1 Å². The van der Waals surface area contributed by atoms with Crippen LogP contribution in [0.15, 0.2) is 47.1 Å². The van der Waals surface area contributed by atoms with Crippen LogP contribution in [0.3, 0.4) is 0 Å². The van der Waals surface area contributed by atoms with Gasteiger partial charge < -0.3 is 15.1 Å². The number of halogens is 1. The molecular weight excluding hydrogens is 353 g/mol. The fraction of sp³-hybridized carbons (Fsp3) is 0.316. The summed E-state index contributed by atoms with van der Waals surface area (Å²) in [5, 5.41) is 5.34. The van der Waals surface area contributed by atoms with Gasteiger partial charge in [0.1, 0.15) is 23.7 Å². The lowest BCUT2D eigenvalue weighted by Gasteiger charge is -2.25. The van der Waals surface area contributed by atoms with Crippen LogP contribution in [0, 0.1) is 5.82 Å². The summed E-state index contributed by atoms with van der Waals surface area (Å²) >= 11 is 0. The van der Waals surface area contributed by atoms with Crippen molar-refractivity contribution in [3.8, 4) is 0 Å². The fourth-order valence-electron chi connectivity index (χ4n) is 3.18. The third kappa shape index (κ3) is 3.42. The number of urea groups is 1. The van der Waals surface area contributed by atoms with E-state index in [-0.39, 0.29) is 6.42 Å². The molecule has 0 bridgehead atoms. The van der Waals surface area contributed by atoms with Gasteiger partial charge in [0.25, 0.3) is 5.91 Å². The third-order valence-corrected chi connectivity index (χ3v) is 4.69. The highest BCUT2D eigenvalue weighted by Crippen LogP contribution is 2.32. The van der Waals surface area contributed by atoms with Gasteiger partial charge in [0, 0.05) is 0 Å². The highest BCUT2D eigenvalue weighted by atomic mass is 19.1. The summed E-state index contributed by atoms with van der Waals surface area (Å²) < 4.78 is 18.4. The Morgan fingerprint density at radius 2 is 2.00 bits per heavy atom. The van der Waals surface area contributed by atoms with Crippen molar-refractivity contribution in [1.82, 2.24) is 15.5 Å². The molecule has 2 aromatic rings. The first-order valence-electron chi connectivity index (χ1n) is 8.60. The zero-order valence-electron chi connectivity index (χ0n) is 15.0. The number of rotatable bonds is 6. The van der Waals surface area contributed by atoms with Crippen molar-refractivity contribution in [2.24, 2.45) is 0 Å². The molecule has 1 aliphatic heterocycles. The average molecular weight is 373 g/mol. The number of carbonyl (C=O) groups is 3. The van der Waals surface area contributed by atoms with E-state index in [1.807, 2.05) is 0 Å². The molecule has 0 radical (unpaired) electrons.